The van der Waals surface area contributed by atoms with E-state index < -0.39 is 0 Å². The average molecular weight is 599 g/mol. The lowest BCUT2D eigenvalue weighted by molar-refractivity contribution is -0.125. The minimum Gasteiger partial charge on any atom is -0.462 e. The van der Waals surface area contributed by atoms with E-state index in [9.17, 15) is 9.59 Å². The van der Waals surface area contributed by atoms with E-state index in [1.807, 2.05) is 41.3 Å². The number of rotatable bonds is 9. The number of carbonyl (C=O) groups is 2. The highest BCUT2D eigenvalue weighted by atomic mass is 19.1. The average Bonchev–Trinajstić information content (AvgIpc) is 3.26. The monoisotopic (exact) mass is 598 g/mol. The maximum absolute atomic E-state index is 15.5. The summed E-state index contributed by atoms with van der Waals surface area (Å²) < 4.78 is 20.5. The van der Waals surface area contributed by atoms with Crippen molar-refractivity contribution in [2.24, 2.45) is 4.99 Å². The molecule has 1 fully saturated rings. The lowest BCUT2D eigenvalue weighted by atomic mass is 9.95. The van der Waals surface area contributed by atoms with Crippen molar-refractivity contribution in [1.29, 1.82) is 0 Å². The first-order valence-electron chi connectivity index (χ1n) is 16.0. The van der Waals surface area contributed by atoms with E-state index in [4.69, 9.17) is 9.73 Å². The molecule has 0 spiro atoms. The smallest absolute Gasteiger partial charge is 0.339 e. The van der Waals surface area contributed by atoms with Gasteiger partial charge in [-0.2, -0.15) is 0 Å². The third-order valence-corrected chi connectivity index (χ3v) is 8.85. The molecule has 8 heteroatoms. The molecule has 0 radical (unpaired) electrons. The standard InChI is InChI=1S/C36H43FN4O3/c1-5-29-22-33(35(42)40-18-9-7-8-10-25(40)4)39-34-21-27(17-19-41(29)34)30-15-13-26(20-31(30)37)12-11-24(3)32-16-14-28(23-38-32)36(43)44-6-2/h13-17,20-25H,5-12,18-19H2,1-4H3/t24?,25-/m1/s1. The van der Waals surface area contributed by atoms with Gasteiger partial charge in [-0.1, -0.05) is 44.9 Å². The number of esters is 1. The first kappa shape index (κ1) is 31.4. The van der Waals surface area contributed by atoms with Crippen LogP contribution >= 0.6 is 0 Å². The molecule has 1 unspecified atom stereocenters. The number of amides is 1. The van der Waals surface area contributed by atoms with E-state index in [2.05, 4.69) is 30.7 Å². The second-order valence-corrected chi connectivity index (χ2v) is 11.9. The van der Waals surface area contributed by atoms with Gasteiger partial charge in [0.15, 0.2) is 0 Å². The Hall–Kier alpha value is -4.07. The molecule has 4 heterocycles. The van der Waals surface area contributed by atoms with Crippen molar-refractivity contribution in [1.82, 2.24) is 14.8 Å². The van der Waals surface area contributed by atoms with Crippen LogP contribution in [0, 0.1) is 5.82 Å². The van der Waals surface area contributed by atoms with Gasteiger partial charge in [-0.3, -0.25) is 9.78 Å². The number of aliphatic imine (C=N–C) groups is 1. The summed E-state index contributed by atoms with van der Waals surface area (Å²) >= 11 is 0. The van der Waals surface area contributed by atoms with Crippen LogP contribution in [0.2, 0.25) is 0 Å². The number of nitrogens with zero attached hydrogens (tertiary/aromatic N) is 4. The van der Waals surface area contributed by atoms with Gasteiger partial charge in [0.25, 0.3) is 5.91 Å². The lowest BCUT2D eigenvalue weighted by Crippen LogP contribution is -2.43. The molecular formula is C36H43FN4O3. The van der Waals surface area contributed by atoms with Crippen LogP contribution < -0.4 is 0 Å². The molecule has 1 aromatic carbocycles. The molecule has 232 valence electrons. The number of halogens is 1. The Balaban J connectivity index is 1.28. The molecule has 3 aliphatic rings. The van der Waals surface area contributed by atoms with Gasteiger partial charge in [0.1, 0.15) is 17.3 Å². The minimum absolute atomic E-state index is 0.0168. The number of pyridine rings is 1. The van der Waals surface area contributed by atoms with Gasteiger partial charge >= 0.3 is 5.97 Å². The second-order valence-electron chi connectivity index (χ2n) is 11.9. The molecule has 5 rings (SSSR count). The largest absolute Gasteiger partial charge is 0.462 e. The van der Waals surface area contributed by atoms with Crippen LogP contribution in [0.25, 0.3) is 5.57 Å². The van der Waals surface area contributed by atoms with Crippen LogP contribution in [0.5, 0.6) is 0 Å². The van der Waals surface area contributed by atoms with Gasteiger partial charge in [0.05, 0.1) is 12.2 Å². The topological polar surface area (TPSA) is 75.1 Å². The fourth-order valence-electron chi connectivity index (χ4n) is 6.13. The van der Waals surface area contributed by atoms with Crippen molar-refractivity contribution in [2.45, 2.75) is 84.6 Å². The van der Waals surface area contributed by atoms with E-state index in [1.165, 1.54) is 0 Å². The van der Waals surface area contributed by atoms with Crippen molar-refractivity contribution in [3.05, 3.63) is 94.5 Å². The normalized spacial score (nSPS) is 19.2. The highest BCUT2D eigenvalue weighted by Gasteiger charge is 2.30. The Labute approximate surface area is 260 Å². The van der Waals surface area contributed by atoms with Crippen LogP contribution in [-0.2, 0) is 16.0 Å². The van der Waals surface area contributed by atoms with E-state index in [0.717, 1.165) is 67.6 Å². The van der Waals surface area contributed by atoms with Crippen LogP contribution in [-0.4, -0.2) is 58.1 Å². The molecule has 2 atom stereocenters. The summed E-state index contributed by atoms with van der Waals surface area (Å²) in [6.45, 7) is 9.72. The van der Waals surface area contributed by atoms with Crippen molar-refractivity contribution in [3.8, 4) is 0 Å². The summed E-state index contributed by atoms with van der Waals surface area (Å²) in [7, 11) is 0. The number of aromatic nitrogens is 1. The number of likely N-dealkylation sites (tertiary alicyclic amines) is 1. The van der Waals surface area contributed by atoms with Crippen LogP contribution in [0.3, 0.4) is 0 Å². The van der Waals surface area contributed by atoms with Gasteiger partial charge in [-0.15, -0.1) is 0 Å². The molecular weight excluding hydrogens is 555 g/mol. The van der Waals surface area contributed by atoms with Crippen molar-refractivity contribution in [2.75, 3.05) is 19.7 Å². The number of hydrogen-bond donors (Lipinski definition) is 0. The number of hydrogen-bond acceptors (Lipinski definition) is 6. The van der Waals surface area contributed by atoms with E-state index in [1.54, 1.807) is 25.3 Å². The van der Waals surface area contributed by atoms with Gasteiger partial charge < -0.3 is 14.5 Å². The van der Waals surface area contributed by atoms with Crippen LogP contribution in [0.1, 0.15) is 99.3 Å². The molecule has 0 bridgehead atoms. The summed E-state index contributed by atoms with van der Waals surface area (Å²) in [6.07, 6.45) is 14.0. The Morgan fingerprint density at radius 3 is 2.68 bits per heavy atom. The number of allylic oxidation sites excluding steroid dienone is 3. The fraction of sp³-hybridized carbons (Fsp3) is 0.444. The molecule has 1 amide bonds. The quantitative estimate of drug-likeness (QED) is 0.285. The lowest BCUT2D eigenvalue weighted by Gasteiger charge is -2.34. The maximum Gasteiger partial charge on any atom is 0.339 e. The SMILES string of the molecule is CCOC(=O)c1ccc(C(C)CCc2ccc(C3=CCN4C(CC)=CC(C(=O)N5CCCCC[C@H]5C)=NC4=C3)c(F)c2)nc1. The van der Waals surface area contributed by atoms with Crippen LogP contribution in [0.15, 0.2) is 71.3 Å². The number of carbonyl (C=O) groups excluding carboxylic acids is 2. The van der Waals surface area contributed by atoms with E-state index in [-0.39, 0.29) is 29.7 Å². The molecule has 0 aliphatic carbocycles. The molecule has 44 heavy (non-hydrogen) atoms. The van der Waals surface area contributed by atoms with Crippen molar-refractivity contribution >= 4 is 23.2 Å². The summed E-state index contributed by atoms with van der Waals surface area (Å²) in [6, 6.07) is 9.22. The van der Waals surface area contributed by atoms with Gasteiger partial charge in [0.2, 0.25) is 0 Å². The molecule has 0 N–H and O–H groups in total. The predicted molar refractivity (Wildman–Crippen MR) is 172 cm³/mol. The van der Waals surface area contributed by atoms with E-state index >= 15 is 4.39 Å². The first-order valence-corrected chi connectivity index (χ1v) is 16.0. The minimum atomic E-state index is -0.375. The number of fused-ring (bicyclic) bond motifs is 1. The predicted octanol–water partition coefficient (Wildman–Crippen LogP) is 7.21. The first-order chi connectivity index (χ1) is 21.3. The highest BCUT2D eigenvalue weighted by molar-refractivity contribution is 6.43. The molecule has 0 saturated carbocycles. The molecule has 7 nitrogen and oxygen atoms in total. The van der Waals surface area contributed by atoms with Crippen molar-refractivity contribution in [3.63, 3.8) is 0 Å². The molecule has 2 aromatic rings. The van der Waals surface area contributed by atoms with Crippen molar-refractivity contribution < 1.29 is 18.7 Å². The summed E-state index contributed by atoms with van der Waals surface area (Å²) in [4.78, 5) is 38.8. The fourth-order valence-corrected chi connectivity index (χ4v) is 6.13. The third-order valence-electron chi connectivity index (χ3n) is 8.85. The third kappa shape index (κ3) is 7.01. The van der Waals surface area contributed by atoms with Crippen LogP contribution in [0.4, 0.5) is 4.39 Å². The molecule has 1 saturated heterocycles. The maximum atomic E-state index is 15.5. The summed E-state index contributed by atoms with van der Waals surface area (Å²) in [5.41, 5.74) is 5.05. The van der Waals surface area contributed by atoms with E-state index in [0.29, 0.717) is 42.2 Å². The summed E-state index contributed by atoms with van der Waals surface area (Å²) in [5.74, 6) is 0.165. The number of ether oxygens (including phenoxy) is 1. The molecule has 3 aliphatic heterocycles. The van der Waals surface area contributed by atoms with Gasteiger partial charge in [-0.25, -0.2) is 14.2 Å². The zero-order valence-corrected chi connectivity index (χ0v) is 26.3. The zero-order chi connectivity index (χ0) is 31.2. The Bertz CT molecular complexity index is 1510. The number of aryl methyl sites for hydroxylation is 1. The van der Waals surface area contributed by atoms with Gasteiger partial charge in [-0.05, 0) is 93.4 Å². The second kappa shape index (κ2) is 14.1. The van der Waals surface area contributed by atoms with Gasteiger partial charge in [0, 0.05) is 42.3 Å². The highest BCUT2D eigenvalue weighted by Crippen LogP contribution is 2.32. The number of benzene rings is 1. The molecule has 1 aromatic heterocycles. The Morgan fingerprint density at radius 2 is 1.95 bits per heavy atom. The Morgan fingerprint density at radius 1 is 1.11 bits per heavy atom. The Kier molecular flexibility index (Phi) is 10.1. The summed E-state index contributed by atoms with van der Waals surface area (Å²) in [5, 5.41) is 0. The zero-order valence-electron chi connectivity index (χ0n) is 26.3.